The van der Waals surface area contributed by atoms with Crippen molar-refractivity contribution in [2.45, 2.75) is 32.0 Å². The molecule has 8 nitrogen and oxygen atoms in total. The molecule has 0 aromatic carbocycles. The van der Waals surface area contributed by atoms with Gasteiger partial charge in [-0.1, -0.05) is 18.2 Å². The second-order valence-corrected chi connectivity index (χ2v) is 8.08. The van der Waals surface area contributed by atoms with Crippen LogP contribution in [-0.2, 0) is 4.79 Å². The highest BCUT2D eigenvalue weighted by molar-refractivity contribution is 5.94. The van der Waals surface area contributed by atoms with Gasteiger partial charge in [-0.05, 0) is 37.5 Å². The van der Waals surface area contributed by atoms with Gasteiger partial charge in [0.1, 0.15) is 17.7 Å². The third-order valence-electron chi connectivity index (χ3n) is 6.08. The lowest BCUT2D eigenvalue weighted by Gasteiger charge is -2.36. The van der Waals surface area contributed by atoms with Crippen LogP contribution in [0.4, 0.5) is 0 Å². The van der Waals surface area contributed by atoms with Crippen LogP contribution in [-0.4, -0.2) is 54.2 Å². The van der Waals surface area contributed by atoms with E-state index < -0.39 is 0 Å². The Morgan fingerprint density at radius 2 is 2.03 bits per heavy atom. The van der Waals surface area contributed by atoms with E-state index in [9.17, 15) is 4.79 Å². The van der Waals surface area contributed by atoms with Gasteiger partial charge in [-0.25, -0.2) is 5.43 Å². The minimum Gasteiger partial charge on any atom is -0.385 e. The average molecular weight is 408 g/mol. The normalized spacial score (nSPS) is 27.6. The average Bonchev–Trinajstić information content (AvgIpc) is 3.44. The van der Waals surface area contributed by atoms with Crippen molar-refractivity contribution < 1.29 is 4.79 Å². The number of amides is 1. The third-order valence-corrected chi connectivity index (χ3v) is 6.08. The number of hydrogen-bond acceptors (Lipinski definition) is 7. The molecule has 158 valence electrons. The van der Waals surface area contributed by atoms with Crippen LogP contribution in [0.3, 0.4) is 0 Å². The van der Waals surface area contributed by atoms with E-state index >= 15 is 0 Å². The number of fused-ring (bicyclic) bond motifs is 1. The van der Waals surface area contributed by atoms with E-state index in [1.165, 1.54) is 18.4 Å². The number of nitrogens with one attached hydrogen (secondary N) is 5. The summed E-state index contributed by atoms with van der Waals surface area (Å²) in [5.74, 6) is 0.972. The zero-order chi connectivity index (χ0) is 20.5. The van der Waals surface area contributed by atoms with Gasteiger partial charge in [0.25, 0.3) is 5.91 Å². The van der Waals surface area contributed by atoms with Crippen LogP contribution in [0.15, 0.2) is 71.1 Å². The highest BCUT2D eigenvalue weighted by Crippen LogP contribution is 2.23. The Morgan fingerprint density at radius 3 is 2.87 bits per heavy atom. The zero-order valence-corrected chi connectivity index (χ0v) is 17.2. The summed E-state index contributed by atoms with van der Waals surface area (Å²) in [6.07, 6.45) is 16.7. The topological polar surface area (TPSA) is 83.7 Å². The third kappa shape index (κ3) is 3.59. The van der Waals surface area contributed by atoms with Crippen molar-refractivity contribution in [3.05, 3.63) is 71.1 Å². The molecular weight excluding hydrogens is 378 g/mol. The van der Waals surface area contributed by atoms with Crippen molar-refractivity contribution >= 4 is 5.91 Å². The van der Waals surface area contributed by atoms with Gasteiger partial charge >= 0.3 is 0 Å². The number of hydrogen-bond donors (Lipinski definition) is 5. The molecule has 2 atom stereocenters. The molecule has 30 heavy (non-hydrogen) atoms. The Kier molecular flexibility index (Phi) is 5.00. The highest BCUT2D eigenvalue weighted by atomic mass is 16.2. The van der Waals surface area contributed by atoms with Gasteiger partial charge in [0.15, 0.2) is 0 Å². The van der Waals surface area contributed by atoms with Crippen LogP contribution in [0, 0.1) is 0 Å². The largest absolute Gasteiger partial charge is 0.385 e. The fraction of sp³-hybridized carbons (Fsp3) is 0.409. The van der Waals surface area contributed by atoms with Crippen LogP contribution in [0.25, 0.3) is 0 Å². The highest BCUT2D eigenvalue weighted by Gasteiger charge is 2.34. The summed E-state index contributed by atoms with van der Waals surface area (Å²) in [6.45, 7) is 5.79. The van der Waals surface area contributed by atoms with Crippen molar-refractivity contribution in [2.75, 3.05) is 26.2 Å². The molecule has 5 aliphatic rings. The van der Waals surface area contributed by atoms with E-state index in [1.807, 2.05) is 17.2 Å². The minimum absolute atomic E-state index is 0.0150. The zero-order valence-electron chi connectivity index (χ0n) is 17.2. The van der Waals surface area contributed by atoms with E-state index in [1.54, 1.807) is 6.20 Å². The van der Waals surface area contributed by atoms with E-state index in [0.717, 1.165) is 43.4 Å². The van der Waals surface area contributed by atoms with Gasteiger partial charge in [-0.2, -0.15) is 0 Å². The first-order valence-corrected chi connectivity index (χ1v) is 10.7. The molecule has 1 fully saturated rings. The summed E-state index contributed by atoms with van der Waals surface area (Å²) in [5.41, 5.74) is 7.24. The standard InChI is InChI=1S/C22H29N7O/c1-15-17(5-4-9-23-15)18-6-7-20-25-14-19(29(20)27-18)22(30)26-16-8-10-24-21(13-16)28-11-2-3-12-28/h4-8,13-14,18,20,23-25,27H,2-3,9-12H2,1H3,(H,26,30). The molecule has 8 heteroatoms. The van der Waals surface area contributed by atoms with Crippen molar-refractivity contribution in [3.63, 3.8) is 0 Å². The summed E-state index contributed by atoms with van der Waals surface area (Å²) in [6, 6.07) is 0.0150. The van der Waals surface area contributed by atoms with E-state index in [4.69, 9.17) is 0 Å². The summed E-state index contributed by atoms with van der Waals surface area (Å²) in [5, 5.41) is 15.0. The fourth-order valence-electron chi connectivity index (χ4n) is 4.44. The van der Waals surface area contributed by atoms with Crippen molar-refractivity contribution in [3.8, 4) is 0 Å². The van der Waals surface area contributed by atoms with Gasteiger partial charge in [0, 0.05) is 49.8 Å². The molecule has 5 rings (SSSR count). The molecule has 1 saturated heterocycles. The molecule has 5 heterocycles. The number of dihydropyridines is 2. The Balaban J connectivity index is 1.27. The number of likely N-dealkylation sites (tertiary alicyclic amines) is 1. The lowest BCUT2D eigenvalue weighted by molar-refractivity contribution is -0.118. The van der Waals surface area contributed by atoms with Crippen LogP contribution in [0.2, 0.25) is 0 Å². The lowest BCUT2D eigenvalue weighted by atomic mass is 10.0. The number of hydrazine groups is 1. The number of carbonyl (C=O) groups is 1. The summed E-state index contributed by atoms with van der Waals surface area (Å²) >= 11 is 0. The summed E-state index contributed by atoms with van der Waals surface area (Å²) in [4.78, 5) is 15.4. The second-order valence-electron chi connectivity index (χ2n) is 8.08. The second kappa shape index (κ2) is 7.95. The van der Waals surface area contributed by atoms with Gasteiger partial charge in [-0.15, -0.1) is 0 Å². The van der Waals surface area contributed by atoms with Gasteiger partial charge in [0.05, 0.1) is 6.04 Å². The van der Waals surface area contributed by atoms with Gasteiger partial charge in [0.2, 0.25) is 0 Å². The molecule has 1 amide bonds. The maximum Gasteiger partial charge on any atom is 0.274 e. The number of carbonyl (C=O) groups excluding carboxylic acids is 1. The van der Waals surface area contributed by atoms with Crippen LogP contribution < -0.4 is 26.7 Å². The summed E-state index contributed by atoms with van der Waals surface area (Å²) in [7, 11) is 0. The predicted molar refractivity (Wildman–Crippen MR) is 116 cm³/mol. The van der Waals surface area contributed by atoms with Crippen LogP contribution >= 0.6 is 0 Å². The maximum absolute atomic E-state index is 13.1. The number of allylic oxidation sites excluding steroid dienone is 2. The van der Waals surface area contributed by atoms with Crippen molar-refractivity contribution in [1.29, 1.82) is 0 Å². The first-order chi connectivity index (χ1) is 14.7. The van der Waals surface area contributed by atoms with E-state index in [2.05, 4.69) is 62.8 Å². The smallest absolute Gasteiger partial charge is 0.274 e. The minimum atomic E-state index is -0.125. The molecular formula is C22H29N7O. The van der Waals surface area contributed by atoms with Crippen molar-refractivity contribution in [1.82, 2.24) is 36.6 Å². The van der Waals surface area contributed by atoms with Gasteiger partial charge in [-0.3, -0.25) is 9.80 Å². The Hall–Kier alpha value is -3.13. The quantitative estimate of drug-likeness (QED) is 0.434. The molecule has 0 radical (unpaired) electrons. The number of rotatable bonds is 4. The molecule has 0 bridgehead atoms. The molecule has 5 N–H and O–H groups in total. The van der Waals surface area contributed by atoms with Crippen molar-refractivity contribution in [2.24, 2.45) is 0 Å². The summed E-state index contributed by atoms with van der Waals surface area (Å²) < 4.78 is 0. The molecule has 5 aliphatic heterocycles. The Morgan fingerprint density at radius 1 is 1.17 bits per heavy atom. The monoisotopic (exact) mass is 407 g/mol. The fourth-order valence-corrected chi connectivity index (χ4v) is 4.44. The number of nitrogens with zero attached hydrogens (tertiary/aromatic N) is 2. The lowest BCUT2D eigenvalue weighted by Crippen LogP contribution is -2.54. The molecule has 0 aliphatic carbocycles. The van der Waals surface area contributed by atoms with Crippen LogP contribution in [0.1, 0.15) is 19.8 Å². The molecule has 2 unspecified atom stereocenters. The first-order valence-electron chi connectivity index (χ1n) is 10.7. The Labute approximate surface area is 177 Å². The van der Waals surface area contributed by atoms with E-state index in [0.29, 0.717) is 5.70 Å². The Bertz CT molecular complexity index is 904. The van der Waals surface area contributed by atoms with E-state index in [-0.39, 0.29) is 18.1 Å². The maximum atomic E-state index is 13.1. The molecule has 0 aromatic heterocycles. The van der Waals surface area contributed by atoms with Crippen LogP contribution in [0.5, 0.6) is 0 Å². The first kappa shape index (κ1) is 18.9. The molecule has 0 spiro atoms. The SMILES string of the molecule is CC1=C(C2C=CC3NC=C(C(=O)NC4=CCNC(N5CCCC5)=C4)N3N2)C=CCN1. The molecule has 0 saturated carbocycles. The predicted octanol–water partition coefficient (Wildman–Crippen LogP) is 0.476. The van der Waals surface area contributed by atoms with Gasteiger partial charge < -0.3 is 26.2 Å². The molecule has 0 aromatic rings.